The lowest BCUT2D eigenvalue weighted by Crippen LogP contribution is -2.37. The standard InChI is InChI=1S/C22H25N3O4S2/c1-15-9-11-25(12-10-15)31(27,28)19-6-3-17(4-7-19)22(26)23-13-18-5-8-21(29-18)20-14-30-16(2)24-20/h3-8,14-15H,9-13H2,1-2H3,(H,23,26). The maximum Gasteiger partial charge on any atom is 0.251 e. The Morgan fingerprint density at radius 2 is 1.90 bits per heavy atom. The number of nitrogens with zero attached hydrogens (tertiary/aromatic N) is 2. The highest BCUT2D eigenvalue weighted by atomic mass is 32.2. The summed E-state index contributed by atoms with van der Waals surface area (Å²) in [5.41, 5.74) is 1.17. The van der Waals surface area contributed by atoms with Gasteiger partial charge in [-0.05, 0) is 62.1 Å². The maximum atomic E-state index is 12.8. The van der Waals surface area contributed by atoms with E-state index in [4.69, 9.17) is 4.42 Å². The third-order valence-corrected chi connectivity index (χ3v) is 8.14. The molecule has 2 aromatic heterocycles. The van der Waals surface area contributed by atoms with Crippen LogP contribution in [0.5, 0.6) is 0 Å². The zero-order valence-electron chi connectivity index (χ0n) is 17.5. The molecular formula is C22H25N3O4S2. The van der Waals surface area contributed by atoms with Crippen LogP contribution < -0.4 is 5.32 Å². The van der Waals surface area contributed by atoms with Crippen molar-refractivity contribution in [3.8, 4) is 11.5 Å². The van der Waals surface area contributed by atoms with Gasteiger partial charge in [-0.1, -0.05) is 6.92 Å². The van der Waals surface area contributed by atoms with Crippen LogP contribution in [0.2, 0.25) is 0 Å². The van der Waals surface area contributed by atoms with Crippen LogP contribution in [-0.2, 0) is 16.6 Å². The van der Waals surface area contributed by atoms with E-state index in [0.717, 1.165) is 23.5 Å². The number of thiazole rings is 1. The third kappa shape index (κ3) is 4.89. The molecule has 7 nitrogen and oxygen atoms in total. The summed E-state index contributed by atoms with van der Waals surface area (Å²) in [5, 5.41) is 5.69. The summed E-state index contributed by atoms with van der Waals surface area (Å²) in [6.07, 6.45) is 1.74. The Labute approximate surface area is 186 Å². The fraction of sp³-hybridized carbons (Fsp3) is 0.364. The first-order chi connectivity index (χ1) is 14.8. The molecule has 31 heavy (non-hydrogen) atoms. The average molecular weight is 460 g/mol. The summed E-state index contributed by atoms with van der Waals surface area (Å²) in [7, 11) is -3.52. The Bertz CT molecular complexity index is 1160. The largest absolute Gasteiger partial charge is 0.458 e. The predicted octanol–water partition coefficient (Wildman–Crippen LogP) is 4.06. The molecule has 0 bridgehead atoms. The monoisotopic (exact) mass is 459 g/mol. The van der Waals surface area contributed by atoms with Gasteiger partial charge in [-0.25, -0.2) is 13.4 Å². The Hall–Kier alpha value is -2.49. The van der Waals surface area contributed by atoms with Crippen LogP contribution in [0.25, 0.3) is 11.5 Å². The molecule has 1 aliphatic rings. The first-order valence-corrected chi connectivity index (χ1v) is 12.5. The van der Waals surface area contributed by atoms with E-state index in [2.05, 4.69) is 17.2 Å². The van der Waals surface area contributed by atoms with Crippen molar-refractivity contribution >= 4 is 27.3 Å². The van der Waals surface area contributed by atoms with Gasteiger partial charge in [0.25, 0.3) is 5.91 Å². The molecule has 1 aliphatic heterocycles. The molecule has 1 aromatic carbocycles. The van der Waals surface area contributed by atoms with E-state index in [9.17, 15) is 13.2 Å². The number of aromatic nitrogens is 1. The minimum atomic E-state index is -3.52. The van der Waals surface area contributed by atoms with Crippen molar-refractivity contribution in [3.63, 3.8) is 0 Å². The predicted molar refractivity (Wildman–Crippen MR) is 119 cm³/mol. The van der Waals surface area contributed by atoms with Crippen molar-refractivity contribution < 1.29 is 17.6 Å². The number of carbonyl (C=O) groups is 1. The number of aryl methyl sites for hydroxylation is 1. The van der Waals surface area contributed by atoms with Gasteiger partial charge in [-0.3, -0.25) is 4.79 Å². The highest BCUT2D eigenvalue weighted by molar-refractivity contribution is 7.89. The second-order valence-electron chi connectivity index (χ2n) is 7.81. The number of rotatable bonds is 6. The van der Waals surface area contributed by atoms with Crippen molar-refractivity contribution in [1.29, 1.82) is 0 Å². The second-order valence-corrected chi connectivity index (χ2v) is 10.8. The van der Waals surface area contributed by atoms with Gasteiger partial charge in [0.1, 0.15) is 11.5 Å². The molecular weight excluding hydrogens is 434 g/mol. The molecule has 1 fully saturated rings. The second kappa shape index (κ2) is 8.94. The number of hydrogen-bond acceptors (Lipinski definition) is 6. The van der Waals surface area contributed by atoms with Crippen LogP contribution in [-0.4, -0.2) is 36.7 Å². The number of piperidine rings is 1. The van der Waals surface area contributed by atoms with Crippen molar-refractivity contribution in [1.82, 2.24) is 14.6 Å². The molecule has 1 N–H and O–H groups in total. The third-order valence-electron chi connectivity index (χ3n) is 5.45. The normalized spacial score (nSPS) is 15.8. The van der Waals surface area contributed by atoms with Crippen LogP contribution in [0.1, 0.15) is 40.9 Å². The summed E-state index contributed by atoms with van der Waals surface area (Å²) in [6.45, 7) is 5.38. The SMILES string of the molecule is Cc1nc(-c2ccc(CNC(=O)c3ccc(S(=O)(=O)N4CCC(C)CC4)cc3)o2)cs1. The van der Waals surface area contributed by atoms with Crippen LogP contribution in [0.3, 0.4) is 0 Å². The van der Waals surface area contributed by atoms with Crippen LogP contribution in [0.15, 0.2) is 51.1 Å². The van der Waals surface area contributed by atoms with Gasteiger partial charge in [-0.2, -0.15) is 4.31 Å². The molecule has 0 radical (unpaired) electrons. The lowest BCUT2D eigenvalue weighted by atomic mass is 10.0. The molecule has 1 amide bonds. The zero-order valence-corrected chi connectivity index (χ0v) is 19.1. The molecule has 0 unspecified atom stereocenters. The fourth-order valence-electron chi connectivity index (χ4n) is 3.51. The van der Waals surface area contributed by atoms with Gasteiger partial charge in [0.05, 0.1) is 16.4 Å². The highest BCUT2D eigenvalue weighted by Crippen LogP contribution is 2.25. The van der Waals surface area contributed by atoms with E-state index in [1.807, 2.05) is 18.4 Å². The van der Waals surface area contributed by atoms with Gasteiger partial charge in [0.2, 0.25) is 10.0 Å². The Morgan fingerprint density at radius 1 is 1.19 bits per heavy atom. The molecule has 3 aromatic rings. The molecule has 9 heteroatoms. The molecule has 3 heterocycles. The van der Waals surface area contributed by atoms with Crippen molar-refractivity contribution in [2.24, 2.45) is 5.92 Å². The summed E-state index contributed by atoms with van der Waals surface area (Å²) < 4.78 is 32.9. The number of carbonyl (C=O) groups excluding carboxylic acids is 1. The lowest BCUT2D eigenvalue weighted by Gasteiger charge is -2.29. The molecule has 0 saturated carbocycles. The Kier molecular flexibility index (Phi) is 6.27. The number of furan rings is 1. The number of hydrogen-bond donors (Lipinski definition) is 1. The van der Waals surface area contributed by atoms with E-state index in [1.165, 1.54) is 16.4 Å². The zero-order chi connectivity index (χ0) is 22.0. The summed E-state index contributed by atoms with van der Waals surface area (Å²) in [5.74, 6) is 1.54. The maximum absolute atomic E-state index is 12.8. The van der Waals surface area contributed by atoms with Crippen molar-refractivity contribution in [2.75, 3.05) is 13.1 Å². The first-order valence-electron chi connectivity index (χ1n) is 10.2. The molecule has 0 spiro atoms. The fourth-order valence-corrected chi connectivity index (χ4v) is 5.58. The molecule has 0 aliphatic carbocycles. The average Bonchev–Trinajstić information content (AvgIpc) is 3.41. The van der Waals surface area contributed by atoms with E-state index in [1.54, 1.807) is 29.5 Å². The van der Waals surface area contributed by atoms with Gasteiger partial charge in [0.15, 0.2) is 5.76 Å². The Morgan fingerprint density at radius 3 is 2.55 bits per heavy atom. The van der Waals surface area contributed by atoms with Crippen LogP contribution in [0, 0.1) is 12.8 Å². The highest BCUT2D eigenvalue weighted by Gasteiger charge is 2.28. The van der Waals surface area contributed by atoms with Gasteiger partial charge in [-0.15, -0.1) is 11.3 Å². The minimum absolute atomic E-state index is 0.216. The van der Waals surface area contributed by atoms with Gasteiger partial charge >= 0.3 is 0 Å². The van der Waals surface area contributed by atoms with E-state index in [0.29, 0.717) is 36.1 Å². The number of sulfonamides is 1. The number of amides is 1. The van der Waals surface area contributed by atoms with Crippen LogP contribution >= 0.6 is 11.3 Å². The molecule has 0 atom stereocenters. The topological polar surface area (TPSA) is 92.5 Å². The van der Waals surface area contributed by atoms with E-state index >= 15 is 0 Å². The van der Waals surface area contributed by atoms with Crippen molar-refractivity contribution in [3.05, 3.63) is 58.1 Å². The molecule has 4 rings (SSSR count). The first kappa shape index (κ1) is 21.7. The Balaban J connectivity index is 1.37. The van der Waals surface area contributed by atoms with Gasteiger partial charge < -0.3 is 9.73 Å². The minimum Gasteiger partial charge on any atom is -0.458 e. The van der Waals surface area contributed by atoms with Gasteiger partial charge in [0, 0.05) is 24.0 Å². The quantitative estimate of drug-likeness (QED) is 0.600. The summed E-state index contributed by atoms with van der Waals surface area (Å²) >= 11 is 1.55. The summed E-state index contributed by atoms with van der Waals surface area (Å²) in [4.78, 5) is 17.1. The number of nitrogens with one attached hydrogen (secondary N) is 1. The lowest BCUT2D eigenvalue weighted by molar-refractivity contribution is 0.0948. The smallest absolute Gasteiger partial charge is 0.251 e. The van der Waals surface area contributed by atoms with Crippen molar-refractivity contribution in [2.45, 2.75) is 38.1 Å². The molecule has 1 saturated heterocycles. The number of benzene rings is 1. The molecule has 164 valence electrons. The van der Waals surface area contributed by atoms with Crippen LogP contribution in [0.4, 0.5) is 0 Å². The summed E-state index contributed by atoms with van der Waals surface area (Å²) in [6, 6.07) is 9.72. The van der Waals surface area contributed by atoms with E-state index in [-0.39, 0.29) is 17.3 Å². The van der Waals surface area contributed by atoms with E-state index < -0.39 is 10.0 Å².